The van der Waals surface area contributed by atoms with Gasteiger partial charge in [0.05, 0.1) is 5.57 Å². The molecule has 2 rings (SSSR count). The van der Waals surface area contributed by atoms with E-state index in [0.29, 0.717) is 5.02 Å². The zero-order valence-electron chi connectivity index (χ0n) is 11.7. The van der Waals surface area contributed by atoms with E-state index in [2.05, 4.69) is 31.7 Å². The number of allylic oxidation sites excluding steroid dienone is 2. The quantitative estimate of drug-likeness (QED) is 0.707. The Balaban J connectivity index is 2.48. The molecule has 1 aliphatic rings. The van der Waals surface area contributed by atoms with E-state index in [1.165, 1.54) is 0 Å². The molecule has 3 heteroatoms. The van der Waals surface area contributed by atoms with Crippen molar-refractivity contribution < 1.29 is 0 Å². The number of hydrogen-bond acceptors (Lipinski definition) is 2. The van der Waals surface area contributed by atoms with E-state index >= 15 is 0 Å². The molecule has 1 heterocycles. The van der Waals surface area contributed by atoms with E-state index in [-0.39, 0.29) is 5.54 Å². The third-order valence-corrected chi connectivity index (χ3v) is 3.72. The first kappa shape index (κ1) is 14.0. The molecular formula is C16H19ClN2. The van der Waals surface area contributed by atoms with Gasteiger partial charge in [-0.1, -0.05) is 23.7 Å². The molecule has 100 valence electrons. The van der Waals surface area contributed by atoms with Crippen molar-refractivity contribution in [2.24, 2.45) is 0 Å². The highest BCUT2D eigenvalue weighted by molar-refractivity contribution is 6.30. The Morgan fingerprint density at radius 1 is 1.26 bits per heavy atom. The van der Waals surface area contributed by atoms with Crippen molar-refractivity contribution >= 4 is 17.2 Å². The lowest BCUT2D eigenvalue weighted by atomic mass is 10.0. The molecule has 1 aromatic carbocycles. The van der Waals surface area contributed by atoms with Crippen molar-refractivity contribution in [2.45, 2.75) is 39.2 Å². The highest BCUT2D eigenvalue weighted by atomic mass is 35.5. The summed E-state index contributed by atoms with van der Waals surface area (Å²) in [6.45, 7) is 7.59. The molecule has 1 saturated heterocycles. The normalized spacial score (nSPS) is 18.4. The van der Waals surface area contributed by atoms with E-state index < -0.39 is 0 Å². The van der Waals surface area contributed by atoms with Gasteiger partial charge < -0.3 is 4.90 Å². The van der Waals surface area contributed by atoms with Gasteiger partial charge in [-0.25, -0.2) is 0 Å². The van der Waals surface area contributed by atoms with Crippen LogP contribution in [0.25, 0.3) is 5.57 Å². The van der Waals surface area contributed by atoms with Crippen molar-refractivity contribution in [3.05, 3.63) is 40.5 Å². The molecule has 1 aromatic rings. The second-order valence-electron chi connectivity index (χ2n) is 5.87. The van der Waals surface area contributed by atoms with Crippen molar-refractivity contribution in [3.63, 3.8) is 0 Å². The largest absolute Gasteiger partial charge is 0.369 e. The van der Waals surface area contributed by atoms with E-state index in [0.717, 1.165) is 36.2 Å². The van der Waals surface area contributed by atoms with Crippen LogP contribution in [-0.4, -0.2) is 17.0 Å². The van der Waals surface area contributed by atoms with Crippen LogP contribution in [0, 0.1) is 11.3 Å². The summed E-state index contributed by atoms with van der Waals surface area (Å²) >= 11 is 5.91. The topological polar surface area (TPSA) is 27.0 Å². The van der Waals surface area contributed by atoms with Crippen LogP contribution in [0.5, 0.6) is 0 Å². The molecule has 1 fully saturated rings. The minimum atomic E-state index is 0.0559. The van der Waals surface area contributed by atoms with E-state index in [4.69, 9.17) is 11.6 Å². The van der Waals surface area contributed by atoms with Crippen LogP contribution in [-0.2, 0) is 0 Å². The lowest BCUT2D eigenvalue weighted by Gasteiger charge is -2.35. The monoisotopic (exact) mass is 274 g/mol. The lowest BCUT2D eigenvalue weighted by molar-refractivity contribution is 0.213. The average molecular weight is 275 g/mol. The van der Waals surface area contributed by atoms with Crippen LogP contribution in [0.4, 0.5) is 0 Å². The van der Waals surface area contributed by atoms with Gasteiger partial charge in [0.15, 0.2) is 0 Å². The van der Waals surface area contributed by atoms with Gasteiger partial charge >= 0.3 is 0 Å². The third-order valence-electron chi connectivity index (χ3n) is 3.46. The molecule has 0 aromatic heterocycles. The molecule has 0 spiro atoms. The number of nitrogens with zero attached hydrogens (tertiary/aromatic N) is 2. The first-order valence-corrected chi connectivity index (χ1v) is 6.98. The van der Waals surface area contributed by atoms with Crippen LogP contribution in [0.3, 0.4) is 0 Å². The number of rotatable bonds is 1. The first-order valence-electron chi connectivity index (χ1n) is 6.60. The molecule has 2 nitrogen and oxygen atoms in total. The summed E-state index contributed by atoms with van der Waals surface area (Å²) in [5.41, 5.74) is 2.96. The third kappa shape index (κ3) is 2.93. The fraction of sp³-hybridized carbons (Fsp3) is 0.438. The molecule has 0 bridgehead atoms. The number of likely N-dealkylation sites (tertiary alicyclic amines) is 1. The van der Waals surface area contributed by atoms with Gasteiger partial charge in [0.25, 0.3) is 0 Å². The molecule has 0 N–H and O–H groups in total. The Kier molecular flexibility index (Phi) is 3.87. The van der Waals surface area contributed by atoms with Crippen LogP contribution >= 0.6 is 11.6 Å². The summed E-state index contributed by atoms with van der Waals surface area (Å²) in [4.78, 5) is 2.35. The Bertz CT molecular complexity index is 529. The fourth-order valence-electron chi connectivity index (χ4n) is 2.59. The molecule has 0 radical (unpaired) electrons. The molecular weight excluding hydrogens is 256 g/mol. The van der Waals surface area contributed by atoms with Gasteiger partial charge in [0, 0.05) is 22.8 Å². The van der Waals surface area contributed by atoms with Crippen LogP contribution < -0.4 is 0 Å². The maximum Gasteiger partial charge on any atom is 0.102 e. The molecule has 0 unspecified atom stereocenters. The fourth-order valence-corrected chi connectivity index (χ4v) is 2.71. The summed E-state index contributed by atoms with van der Waals surface area (Å²) in [7, 11) is 0. The molecule has 0 aliphatic carbocycles. The number of benzene rings is 1. The first-order chi connectivity index (χ1) is 8.93. The molecule has 1 aliphatic heterocycles. The van der Waals surface area contributed by atoms with Crippen LogP contribution in [0.2, 0.25) is 5.02 Å². The standard InChI is InChI=1S/C16H19ClN2/c1-16(2,3)19-10-4-5-15(19)14(11-18)12-6-8-13(17)9-7-12/h6-9H,4-5,10H2,1-3H3/b15-14+. The smallest absolute Gasteiger partial charge is 0.102 e. The number of hydrogen-bond donors (Lipinski definition) is 0. The second-order valence-corrected chi connectivity index (χ2v) is 6.30. The minimum absolute atomic E-state index is 0.0559. The van der Waals surface area contributed by atoms with Gasteiger partial charge in [-0.3, -0.25) is 0 Å². The van der Waals surface area contributed by atoms with Crippen LogP contribution in [0.15, 0.2) is 30.0 Å². The van der Waals surface area contributed by atoms with Gasteiger partial charge in [0.1, 0.15) is 6.07 Å². The van der Waals surface area contributed by atoms with E-state index in [9.17, 15) is 5.26 Å². The molecule has 0 amide bonds. The Morgan fingerprint density at radius 2 is 1.89 bits per heavy atom. The van der Waals surface area contributed by atoms with Gasteiger partial charge in [0.2, 0.25) is 0 Å². The summed E-state index contributed by atoms with van der Waals surface area (Å²) in [6, 6.07) is 9.90. The van der Waals surface area contributed by atoms with Crippen molar-refractivity contribution in [2.75, 3.05) is 6.54 Å². The summed E-state index contributed by atoms with van der Waals surface area (Å²) < 4.78 is 0. The predicted molar refractivity (Wildman–Crippen MR) is 79.7 cm³/mol. The summed E-state index contributed by atoms with van der Waals surface area (Å²) in [5, 5.41) is 10.2. The zero-order valence-corrected chi connectivity index (χ0v) is 12.5. The van der Waals surface area contributed by atoms with Crippen molar-refractivity contribution in [1.82, 2.24) is 4.90 Å². The Hall–Kier alpha value is -1.46. The van der Waals surface area contributed by atoms with Crippen molar-refractivity contribution in [1.29, 1.82) is 5.26 Å². The number of nitriles is 1. The van der Waals surface area contributed by atoms with Crippen LogP contribution in [0.1, 0.15) is 39.2 Å². The lowest BCUT2D eigenvalue weighted by Crippen LogP contribution is -2.38. The highest BCUT2D eigenvalue weighted by Crippen LogP contribution is 2.34. The Morgan fingerprint density at radius 3 is 2.42 bits per heavy atom. The minimum Gasteiger partial charge on any atom is -0.369 e. The average Bonchev–Trinajstić information content (AvgIpc) is 2.81. The molecule has 0 atom stereocenters. The Labute approximate surface area is 120 Å². The van der Waals surface area contributed by atoms with Crippen molar-refractivity contribution in [3.8, 4) is 6.07 Å². The maximum atomic E-state index is 9.53. The SMILES string of the molecule is CC(C)(C)N1CCC/C1=C(/C#N)c1ccc(Cl)cc1. The van der Waals surface area contributed by atoms with E-state index in [1.807, 2.05) is 24.3 Å². The molecule has 0 saturated carbocycles. The second kappa shape index (κ2) is 5.27. The predicted octanol–water partition coefficient (Wildman–Crippen LogP) is 4.47. The molecule has 19 heavy (non-hydrogen) atoms. The summed E-state index contributed by atoms with van der Waals surface area (Å²) in [6.07, 6.45) is 2.09. The van der Waals surface area contributed by atoms with Gasteiger partial charge in [-0.15, -0.1) is 0 Å². The maximum absolute atomic E-state index is 9.53. The number of halogens is 1. The summed E-state index contributed by atoms with van der Waals surface area (Å²) in [5.74, 6) is 0. The zero-order chi connectivity index (χ0) is 14.0. The van der Waals surface area contributed by atoms with Gasteiger partial charge in [-0.2, -0.15) is 5.26 Å². The van der Waals surface area contributed by atoms with E-state index in [1.54, 1.807) is 0 Å². The highest BCUT2D eigenvalue weighted by Gasteiger charge is 2.30. The van der Waals surface area contributed by atoms with Gasteiger partial charge in [-0.05, 0) is 51.3 Å².